The Balaban J connectivity index is 2.33. The van der Waals surface area contributed by atoms with Gasteiger partial charge in [0.15, 0.2) is 0 Å². The van der Waals surface area contributed by atoms with Gasteiger partial charge < -0.3 is 10.7 Å². The van der Waals surface area contributed by atoms with E-state index in [9.17, 15) is 18.0 Å². The van der Waals surface area contributed by atoms with Crippen LogP contribution in [0.1, 0.15) is 20.3 Å². The van der Waals surface area contributed by atoms with Crippen molar-refractivity contribution < 1.29 is 8.42 Å². The smallest absolute Gasteiger partial charge is 0.326 e. The first-order valence-corrected chi connectivity index (χ1v) is 9.05. The molecule has 1 atom stereocenters. The van der Waals surface area contributed by atoms with Crippen molar-refractivity contribution in [2.24, 2.45) is 11.7 Å². The Labute approximate surface area is 139 Å². The Morgan fingerprint density at radius 1 is 1.21 bits per heavy atom. The van der Waals surface area contributed by atoms with E-state index in [-0.39, 0.29) is 34.3 Å². The number of rotatable bonds is 6. The summed E-state index contributed by atoms with van der Waals surface area (Å²) < 4.78 is 26.5. The molecule has 0 aliphatic heterocycles. The normalized spacial score (nSPS) is 13.8. The Morgan fingerprint density at radius 2 is 1.88 bits per heavy atom. The van der Waals surface area contributed by atoms with E-state index in [1.807, 2.05) is 13.8 Å². The Bertz CT molecular complexity index is 946. The highest BCUT2D eigenvalue weighted by Gasteiger charge is 2.22. The number of nitrogens with zero attached hydrogens (tertiary/aromatic N) is 1. The highest BCUT2D eigenvalue weighted by Crippen LogP contribution is 2.18. The fraction of sp³-hybridized carbons (Fsp3) is 0.467. The third kappa shape index (κ3) is 3.74. The maximum atomic E-state index is 12.6. The van der Waals surface area contributed by atoms with Crippen LogP contribution in [0.15, 0.2) is 32.7 Å². The van der Waals surface area contributed by atoms with Gasteiger partial charge in [-0.3, -0.25) is 9.78 Å². The van der Waals surface area contributed by atoms with Gasteiger partial charge in [-0.2, -0.15) is 0 Å². The third-order valence-electron chi connectivity index (χ3n) is 4.05. The lowest BCUT2D eigenvalue weighted by Crippen LogP contribution is -2.34. The lowest BCUT2D eigenvalue weighted by atomic mass is 10.0. The minimum absolute atomic E-state index is 0.00633. The summed E-state index contributed by atoms with van der Waals surface area (Å²) in [5, 5.41) is 0.114. The fourth-order valence-electron chi connectivity index (χ4n) is 2.27. The molecule has 1 heterocycles. The van der Waals surface area contributed by atoms with Crippen LogP contribution < -0.4 is 17.0 Å². The SMILES string of the molecule is CC(C)C(N)CCN(C)S(=O)(=O)c1ccc2[nH]c(=O)[nH]c(=O)c2c1. The van der Waals surface area contributed by atoms with Crippen molar-refractivity contribution in [1.29, 1.82) is 0 Å². The van der Waals surface area contributed by atoms with Gasteiger partial charge in [0, 0.05) is 19.6 Å². The first kappa shape index (κ1) is 18.4. The number of nitrogens with two attached hydrogens (primary N) is 1. The number of benzene rings is 1. The van der Waals surface area contributed by atoms with Crippen molar-refractivity contribution >= 4 is 20.9 Å². The largest absolute Gasteiger partial charge is 0.327 e. The minimum Gasteiger partial charge on any atom is -0.327 e. The zero-order chi connectivity index (χ0) is 18.1. The highest BCUT2D eigenvalue weighted by atomic mass is 32.2. The number of aromatic nitrogens is 2. The molecule has 132 valence electrons. The van der Waals surface area contributed by atoms with E-state index in [0.29, 0.717) is 6.42 Å². The van der Waals surface area contributed by atoms with E-state index in [0.717, 1.165) is 0 Å². The molecule has 1 unspecified atom stereocenters. The summed E-state index contributed by atoms with van der Waals surface area (Å²) in [6.45, 7) is 4.24. The van der Waals surface area contributed by atoms with Gasteiger partial charge in [0.25, 0.3) is 5.56 Å². The second-order valence-electron chi connectivity index (χ2n) is 6.14. The number of hydrogen-bond acceptors (Lipinski definition) is 5. The van der Waals surface area contributed by atoms with Gasteiger partial charge in [-0.1, -0.05) is 13.8 Å². The first-order valence-electron chi connectivity index (χ1n) is 7.61. The van der Waals surface area contributed by atoms with Crippen molar-refractivity contribution in [2.45, 2.75) is 31.2 Å². The van der Waals surface area contributed by atoms with Gasteiger partial charge in [0.2, 0.25) is 10.0 Å². The summed E-state index contributed by atoms with van der Waals surface area (Å²) >= 11 is 0. The average Bonchev–Trinajstić information content (AvgIpc) is 2.51. The first-order chi connectivity index (χ1) is 11.1. The van der Waals surface area contributed by atoms with Crippen LogP contribution in [0.2, 0.25) is 0 Å². The molecule has 8 nitrogen and oxygen atoms in total. The van der Waals surface area contributed by atoms with Crippen LogP contribution in [0.3, 0.4) is 0 Å². The third-order valence-corrected chi connectivity index (χ3v) is 5.91. The molecule has 0 fully saturated rings. The molecule has 1 aromatic carbocycles. The summed E-state index contributed by atoms with van der Waals surface area (Å²) in [6.07, 6.45) is 0.537. The van der Waals surface area contributed by atoms with Crippen molar-refractivity contribution in [3.05, 3.63) is 39.0 Å². The molecule has 9 heteroatoms. The van der Waals surface area contributed by atoms with Gasteiger partial charge in [0.05, 0.1) is 15.8 Å². The number of nitrogens with one attached hydrogen (secondary N) is 2. The van der Waals surface area contributed by atoms with E-state index >= 15 is 0 Å². The van der Waals surface area contributed by atoms with E-state index in [4.69, 9.17) is 5.73 Å². The summed E-state index contributed by atoms with van der Waals surface area (Å²) in [5.74, 6) is 0.261. The zero-order valence-electron chi connectivity index (χ0n) is 13.9. The molecule has 2 rings (SSSR count). The number of hydrogen-bond donors (Lipinski definition) is 3. The standard InChI is InChI=1S/C15H22N4O4S/c1-9(2)12(16)6-7-19(3)24(22,23)10-4-5-13-11(8-10)14(20)18-15(21)17-13/h4-5,8-9,12H,6-7,16H2,1-3H3,(H2,17,18,20,21). The molecule has 1 aromatic heterocycles. The fourth-order valence-corrected chi connectivity index (χ4v) is 3.48. The molecular weight excluding hydrogens is 332 g/mol. The van der Waals surface area contributed by atoms with Gasteiger partial charge >= 0.3 is 5.69 Å². The van der Waals surface area contributed by atoms with E-state index in [1.165, 1.54) is 29.6 Å². The van der Waals surface area contributed by atoms with Gasteiger partial charge in [-0.15, -0.1) is 0 Å². The summed E-state index contributed by atoms with van der Waals surface area (Å²) in [4.78, 5) is 27.6. The van der Waals surface area contributed by atoms with Crippen LogP contribution in [-0.2, 0) is 10.0 Å². The van der Waals surface area contributed by atoms with Gasteiger partial charge in [-0.25, -0.2) is 17.5 Å². The monoisotopic (exact) mass is 354 g/mol. The van der Waals surface area contributed by atoms with Crippen molar-refractivity contribution in [3.63, 3.8) is 0 Å². The van der Waals surface area contributed by atoms with E-state index in [2.05, 4.69) is 9.97 Å². The van der Waals surface area contributed by atoms with Crippen LogP contribution in [-0.4, -0.2) is 42.3 Å². The second-order valence-corrected chi connectivity index (χ2v) is 8.18. The molecule has 0 spiro atoms. The van der Waals surface area contributed by atoms with E-state index in [1.54, 1.807) is 0 Å². The summed E-state index contributed by atoms with van der Waals surface area (Å²) in [7, 11) is -2.27. The van der Waals surface area contributed by atoms with Crippen molar-refractivity contribution in [3.8, 4) is 0 Å². The molecule has 4 N–H and O–H groups in total. The topological polar surface area (TPSA) is 129 Å². The zero-order valence-corrected chi connectivity index (χ0v) is 14.7. The predicted molar refractivity (Wildman–Crippen MR) is 92.4 cm³/mol. The molecule has 0 aliphatic rings. The van der Waals surface area contributed by atoms with Crippen LogP contribution in [0.4, 0.5) is 0 Å². The number of aromatic amines is 2. The van der Waals surface area contributed by atoms with Crippen LogP contribution in [0.25, 0.3) is 10.9 Å². The van der Waals surface area contributed by atoms with Crippen LogP contribution in [0, 0.1) is 5.92 Å². The Morgan fingerprint density at radius 3 is 2.50 bits per heavy atom. The number of sulfonamides is 1. The van der Waals surface area contributed by atoms with E-state index < -0.39 is 21.3 Å². The van der Waals surface area contributed by atoms with Crippen molar-refractivity contribution in [2.75, 3.05) is 13.6 Å². The maximum absolute atomic E-state index is 12.6. The maximum Gasteiger partial charge on any atom is 0.326 e. The highest BCUT2D eigenvalue weighted by molar-refractivity contribution is 7.89. The quantitative estimate of drug-likeness (QED) is 0.683. The van der Waals surface area contributed by atoms with Gasteiger partial charge in [0.1, 0.15) is 0 Å². The molecule has 2 aromatic rings. The second kappa shape index (κ2) is 6.88. The molecule has 24 heavy (non-hydrogen) atoms. The van der Waals surface area contributed by atoms with Crippen LogP contribution >= 0.6 is 0 Å². The minimum atomic E-state index is -3.75. The van der Waals surface area contributed by atoms with Crippen LogP contribution in [0.5, 0.6) is 0 Å². The molecule has 0 saturated heterocycles. The number of H-pyrrole nitrogens is 2. The summed E-state index contributed by atoms with van der Waals surface area (Å²) in [6, 6.07) is 3.95. The summed E-state index contributed by atoms with van der Waals surface area (Å²) in [5.41, 5.74) is 4.97. The molecule has 0 saturated carbocycles. The lowest BCUT2D eigenvalue weighted by molar-refractivity contribution is 0.397. The van der Waals surface area contributed by atoms with Gasteiger partial charge in [-0.05, 0) is 30.5 Å². The molecule has 0 radical (unpaired) electrons. The average molecular weight is 354 g/mol. The molecule has 0 bridgehead atoms. The Hall–Kier alpha value is -1.97. The lowest BCUT2D eigenvalue weighted by Gasteiger charge is -2.21. The van der Waals surface area contributed by atoms with Crippen molar-refractivity contribution in [1.82, 2.24) is 14.3 Å². The number of fused-ring (bicyclic) bond motifs is 1. The molecule has 0 aliphatic carbocycles. The predicted octanol–water partition coefficient (Wildman–Crippen LogP) is 0.210. The molecule has 0 amide bonds. The molecular formula is C15H22N4O4S. The Kier molecular flexibility index (Phi) is 5.26.